The Bertz CT molecular complexity index is 2780. The Labute approximate surface area is 344 Å². The van der Waals surface area contributed by atoms with Gasteiger partial charge in [0.05, 0.1) is 11.1 Å². The molecule has 58 heavy (non-hydrogen) atoms. The maximum atomic E-state index is 13.0. The number of thiocarbonyl (C=S) groups is 2. The van der Waals surface area contributed by atoms with E-state index in [1.165, 1.54) is 72.9 Å². The number of benzene rings is 4. The van der Waals surface area contributed by atoms with Crippen molar-refractivity contribution in [2.24, 2.45) is 0 Å². The second-order valence-electron chi connectivity index (χ2n) is 13.0. The molecule has 2 aliphatic rings. The summed E-state index contributed by atoms with van der Waals surface area (Å²) in [5.74, 6) is 0. The average molecular weight is 905 g/mol. The van der Waals surface area contributed by atoms with Crippen LogP contribution in [0.15, 0.2) is 143 Å². The molecule has 0 aliphatic heterocycles. The van der Waals surface area contributed by atoms with Gasteiger partial charge in [0.1, 0.15) is 20.3 Å². The number of nitrogens with one attached hydrogen (secondary N) is 4. The number of hydrogen-bond donors (Lipinski definition) is 8. The molecule has 0 heterocycles. The standard InChI is InChI=1S/C36H32N4O12S6/c41-55(42,43)29-17-15-27(23-9-1-3-11-25(23)29)37-33(53)39-35(19-7-5-13-31(35)57(47,48)49)21-22-36(20-8-6-14-32(36)58(50,51)52)40-34(54)38-28-16-18-30(56(44,45)46)26-12-4-2-10-24(26)28/h1-22,31-32H,(H2,37,39,53)(H2,38,40,54)(H,41,42,43)(H,44,45,46)(H,47,48,49)(H,50,51,52). The van der Waals surface area contributed by atoms with Gasteiger partial charge >= 0.3 is 0 Å². The molecular weight excluding hydrogens is 873 g/mol. The van der Waals surface area contributed by atoms with E-state index in [0.29, 0.717) is 10.8 Å². The van der Waals surface area contributed by atoms with Crippen LogP contribution in [0.1, 0.15) is 0 Å². The predicted molar refractivity (Wildman–Crippen MR) is 228 cm³/mol. The molecule has 8 N–H and O–H groups in total. The number of allylic oxidation sites excluding steroid dienone is 4. The summed E-state index contributed by atoms with van der Waals surface area (Å²) in [5.41, 5.74) is -3.53. The monoisotopic (exact) mass is 904 g/mol. The number of rotatable bonds is 10. The van der Waals surface area contributed by atoms with Gasteiger partial charge in [0, 0.05) is 32.9 Å². The van der Waals surface area contributed by atoms with E-state index >= 15 is 0 Å². The lowest BCUT2D eigenvalue weighted by atomic mass is 9.84. The molecule has 0 amide bonds. The third kappa shape index (κ3) is 8.90. The van der Waals surface area contributed by atoms with Gasteiger partial charge in [0.25, 0.3) is 40.5 Å². The number of anilines is 2. The molecular formula is C36H32N4O12S6. The van der Waals surface area contributed by atoms with Crippen LogP contribution in [0.2, 0.25) is 0 Å². The van der Waals surface area contributed by atoms with E-state index < -0.39 is 62.1 Å². The molecule has 0 radical (unpaired) electrons. The Morgan fingerprint density at radius 1 is 0.517 bits per heavy atom. The van der Waals surface area contributed by atoms with Gasteiger partial charge in [0.15, 0.2) is 10.2 Å². The van der Waals surface area contributed by atoms with E-state index in [0.717, 1.165) is 24.3 Å². The highest BCUT2D eigenvalue weighted by Crippen LogP contribution is 2.34. The van der Waals surface area contributed by atoms with E-state index in [-0.39, 0.29) is 42.2 Å². The lowest BCUT2D eigenvalue weighted by molar-refractivity contribution is 0.441. The van der Waals surface area contributed by atoms with Gasteiger partial charge in [-0.1, -0.05) is 109 Å². The van der Waals surface area contributed by atoms with Crippen molar-refractivity contribution < 1.29 is 51.9 Å². The number of fused-ring (bicyclic) bond motifs is 2. The molecule has 304 valence electrons. The lowest BCUT2D eigenvalue weighted by Crippen LogP contribution is -2.60. The maximum absolute atomic E-state index is 13.0. The van der Waals surface area contributed by atoms with Crippen LogP contribution >= 0.6 is 24.4 Å². The van der Waals surface area contributed by atoms with Gasteiger partial charge in [-0.3, -0.25) is 18.2 Å². The first-order chi connectivity index (χ1) is 27.0. The molecule has 0 bridgehead atoms. The van der Waals surface area contributed by atoms with Crippen molar-refractivity contribution in [1.29, 1.82) is 0 Å². The van der Waals surface area contributed by atoms with Crippen molar-refractivity contribution in [1.82, 2.24) is 10.6 Å². The van der Waals surface area contributed by atoms with Crippen molar-refractivity contribution >= 4 is 108 Å². The van der Waals surface area contributed by atoms with Gasteiger partial charge in [-0.05, 0) is 48.7 Å². The fraction of sp³-hybridized carbons (Fsp3) is 0.111. The second-order valence-corrected chi connectivity index (χ2v) is 19.7. The van der Waals surface area contributed by atoms with Gasteiger partial charge in [-0.2, -0.15) is 33.7 Å². The first kappa shape index (κ1) is 42.7. The van der Waals surface area contributed by atoms with Crippen LogP contribution < -0.4 is 21.3 Å². The second kappa shape index (κ2) is 15.7. The lowest BCUT2D eigenvalue weighted by Gasteiger charge is -2.40. The molecule has 0 saturated heterocycles. The fourth-order valence-electron chi connectivity index (χ4n) is 6.76. The molecule has 2 aliphatic carbocycles. The Hall–Kier alpha value is -4.88. The summed E-state index contributed by atoms with van der Waals surface area (Å²) in [6.07, 6.45) is 12.9. The van der Waals surface area contributed by atoms with Gasteiger partial charge < -0.3 is 21.3 Å². The van der Waals surface area contributed by atoms with E-state index in [4.69, 9.17) is 24.4 Å². The molecule has 4 unspecified atom stereocenters. The molecule has 4 aromatic carbocycles. The summed E-state index contributed by atoms with van der Waals surface area (Å²) in [6.45, 7) is 0. The first-order valence-corrected chi connectivity index (χ1v) is 23.3. The fourth-order valence-corrected chi connectivity index (χ4v) is 10.7. The van der Waals surface area contributed by atoms with Crippen LogP contribution in [-0.4, -0.2) is 83.7 Å². The summed E-state index contributed by atoms with van der Waals surface area (Å²) in [7, 11) is -19.2. The van der Waals surface area contributed by atoms with Gasteiger partial charge in [-0.15, -0.1) is 0 Å². The third-order valence-electron chi connectivity index (χ3n) is 9.24. The van der Waals surface area contributed by atoms with Crippen LogP contribution in [-0.2, 0) is 40.5 Å². The van der Waals surface area contributed by atoms with Crippen molar-refractivity contribution in [2.45, 2.75) is 31.4 Å². The summed E-state index contributed by atoms with van der Waals surface area (Å²) in [6, 6.07) is 17.2. The molecule has 0 aromatic heterocycles. The zero-order valence-corrected chi connectivity index (χ0v) is 34.3. The van der Waals surface area contributed by atoms with Crippen LogP contribution in [0.25, 0.3) is 21.5 Å². The van der Waals surface area contributed by atoms with Crippen molar-refractivity contribution in [3.05, 3.63) is 134 Å². The van der Waals surface area contributed by atoms with Gasteiger partial charge in [-0.25, -0.2) is 0 Å². The van der Waals surface area contributed by atoms with Crippen LogP contribution in [0.4, 0.5) is 11.4 Å². The highest BCUT2D eigenvalue weighted by Gasteiger charge is 2.47. The van der Waals surface area contributed by atoms with Gasteiger partial charge in [0.2, 0.25) is 0 Å². The van der Waals surface area contributed by atoms with Crippen LogP contribution in [0.3, 0.4) is 0 Å². The Kier molecular flexibility index (Phi) is 11.6. The van der Waals surface area contributed by atoms with E-state index in [2.05, 4.69) is 21.3 Å². The SMILES string of the molecule is O=S(=O)(O)c1ccc(NC(=S)NC2(C=CC3(NC(=S)Nc4ccc(S(=O)(=O)O)c5ccccc45)C=CC=CC3S(=O)(=O)O)C=CC=CC2S(=O)(=O)O)c2ccccc12. The smallest absolute Gasteiger partial charge is 0.295 e. The van der Waals surface area contributed by atoms with Crippen molar-refractivity contribution in [2.75, 3.05) is 10.6 Å². The topological polar surface area (TPSA) is 266 Å². The molecule has 0 spiro atoms. The molecule has 16 nitrogen and oxygen atoms in total. The molecule has 4 atom stereocenters. The normalized spacial score (nSPS) is 22.3. The summed E-state index contributed by atoms with van der Waals surface area (Å²) >= 11 is 11.2. The highest BCUT2D eigenvalue weighted by molar-refractivity contribution is 7.87. The summed E-state index contributed by atoms with van der Waals surface area (Å²) < 4.78 is 141. The summed E-state index contributed by atoms with van der Waals surface area (Å²) in [5, 5.41) is 8.29. The van der Waals surface area contributed by atoms with E-state index in [1.807, 2.05) is 0 Å². The van der Waals surface area contributed by atoms with E-state index in [9.17, 15) is 51.9 Å². The Balaban J connectivity index is 1.42. The first-order valence-electron chi connectivity index (χ1n) is 16.6. The molecule has 0 fully saturated rings. The largest absolute Gasteiger partial charge is 0.348 e. The van der Waals surface area contributed by atoms with Crippen molar-refractivity contribution in [3.63, 3.8) is 0 Å². The minimum atomic E-state index is -4.97. The minimum Gasteiger partial charge on any atom is -0.348 e. The van der Waals surface area contributed by atoms with E-state index in [1.54, 1.807) is 36.4 Å². The molecule has 22 heteroatoms. The predicted octanol–water partition coefficient (Wildman–Crippen LogP) is 4.56. The minimum absolute atomic E-state index is 0.136. The molecule has 6 rings (SSSR count). The van der Waals surface area contributed by atoms with Crippen molar-refractivity contribution in [3.8, 4) is 0 Å². The maximum Gasteiger partial charge on any atom is 0.295 e. The molecule has 4 aromatic rings. The Morgan fingerprint density at radius 3 is 1.19 bits per heavy atom. The zero-order chi connectivity index (χ0) is 42.3. The quantitative estimate of drug-likeness (QED) is 0.0616. The third-order valence-corrected chi connectivity index (χ3v) is 13.8. The Morgan fingerprint density at radius 2 is 0.862 bits per heavy atom. The zero-order valence-electron chi connectivity index (χ0n) is 29.4. The van der Waals surface area contributed by atoms with Crippen LogP contribution in [0.5, 0.6) is 0 Å². The average Bonchev–Trinajstić information content (AvgIpc) is 3.13. The molecule has 0 saturated carbocycles. The highest BCUT2D eigenvalue weighted by atomic mass is 32.2. The van der Waals surface area contributed by atoms with Crippen LogP contribution in [0, 0.1) is 0 Å². The summed E-state index contributed by atoms with van der Waals surface area (Å²) in [4.78, 5) is -0.759. The number of hydrogen-bond acceptors (Lipinski definition) is 10.